The highest BCUT2D eigenvalue weighted by Crippen LogP contribution is 2.60. The summed E-state index contributed by atoms with van der Waals surface area (Å²) in [4.78, 5) is 28.8. The third-order valence-corrected chi connectivity index (χ3v) is 5.75. The molecule has 2 aliphatic heterocycles. The maximum absolute atomic E-state index is 13.1. The van der Waals surface area contributed by atoms with Crippen LogP contribution in [0.15, 0.2) is 22.8 Å². The van der Waals surface area contributed by atoms with Crippen LogP contribution in [0.2, 0.25) is 0 Å². The molecule has 2 saturated heterocycles. The Morgan fingerprint density at radius 1 is 1.28 bits per heavy atom. The molecule has 2 atom stereocenters. The Kier molecular flexibility index (Phi) is 3.63. The Morgan fingerprint density at radius 3 is 2.52 bits per heavy atom. The van der Waals surface area contributed by atoms with Crippen LogP contribution in [-0.4, -0.2) is 46.5 Å². The zero-order valence-corrected chi connectivity index (χ0v) is 15.2. The third kappa shape index (κ3) is 2.62. The van der Waals surface area contributed by atoms with Gasteiger partial charge in [0.25, 0.3) is 0 Å². The highest BCUT2D eigenvalue weighted by Gasteiger charge is 2.60. The summed E-state index contributed by atoms with van der Waals surface area (Å²) >= 11 is 0. The first kappa shape index (κ1) is 16.5. The van der Waals surface area contributed by atoms with Crippen LogP contribution >= 0.6 is 0 Å². The van der Waals surface area contributed by atoms with Gasteiger partial charge in [-0.15, -0.1) is 0 Å². The first-order valence-electron chi connectivity index (χ1n) is 9.14. The van der Waals surface area contributed by atoms with Crippen molar-refractivity contribution in [1.29, 1.82) is 0 Å². The minimum atomic E-state index is -0.552. The quantitative estimate of drug-likeness (QED) is 0.824. The van der Waals surface area contributed by atoms with Crippen molar-refractivity contribution in [3.8, 4) is 0 Å². The van der Waals surface area contributed by atoms with Crippen LogP contribution in [0, 0.1) is 5.41 Å². The standard InChI is InChI=1S/C19H26N2O4/c1-18(2,3)25-17(23)20-10-7-13(20)16(22)21-12-19(8-5-9-19)15(21)14-6-4-11-24-14/h4,6,11,13,15H,5,7-10,12H2,1-3H3/t13-,15?/m1/s1. The van der Waals surface area contributed by atoms with Crippen LogP contribution in [0.25, 0.3) is 0 Å². The van der Waals surface area contributed by atoms with Gasteiger partial charge in [-0.05, 0) is 52.2 Å². The average molecular weight is 346 g/mol. The van der Waals surface area contributed by atoms with Gasteiger partial charge < -0.3 is 14.1 Å². The predicted molar refractivity (Wildman–Crippen MR) is 90.8 cm³/mol. The average Bonchev–Trinajstić information content (AvgIpc) is 2.85. The van der Waals surface area contributed by atoms with Crippen LogP contribution in [0.1, 0.15) is 58.3 Å². The van der Waals surface area contributed by atoms with Gasteiger partial charge >= 0.3 is 6.09 Å². The molecule has 3 fully saturated rings. The number of furan rings is 1. The SMILES string of the molecule is CC(C)(C)OC(=O)N1CC[C@@H]1C(=O)N1CC2(CCC2)C1c1ccco1. The topological polar surface area (TPSA) is 63.0 Å². The molecule has 3 heterocycles. The van der Waals surface area contributed by atoms with Crippen molar-refractivity contribution in [2.45, 2.75) is 64.1 Å². The van der Waals surface area contributed by atoms with E-state index in [1.165, 1.54) is 6.42 Å². The first-order valence-corrected chi connectivity index (χ1v) is 9.14. The summed E-state index contributed by atoms with van der Waals surface area (Å²) in [6, 6.07) is 3.45. The largest absolute Gasteiger partial charge is 0.467 e. The number of likely N-dealkylation sites (tertiary alicyclic amines) is 2. The van der Waals surface area contributed by atoms with Gasteiger partial charge in [0.1, 0.15) is 17.4 Å². The van der Waals surface area contributed by atoms with E-state index in [0.29, 0.717) is 13.0 Å². The number of hydrogen-bond acceptors (Lipinski definition) is 4. The summed E-state index contributed by atoms with van der Waals surface area (Å²) in [5.74, 6) is 0.887. The van der Waals surface area contributed by atoms with Crippen molar-refractivity contribution in [3.05, 3.63) is 24.2 Å². The minimum absolute atomic E-state index is 0.0184. The summed E-state index contributed by atoms with van der Waals surface area (Å²) in [6.45, 7) is 6.87. The van der Waals surface area contributed by atoms with Crippen molar-refractivity contribution in [2.24, 2.45) is 5.41 Å². The zero-order valence-electron chi connectivity index (χ0n) is 15.2. The summed E-state index contributed by atoms with van der Waals surface area (Å²) < 4.78 is 11.0. The number of ether oxygens (including phenoxy) is 1. The van der Waals surface area contributed by atoms with Crippen molar-refractivity contribution in [1.82, 2.24) is 9.80 Å². The van der Waals surface area contributed by atoms with E-state index in [1.54, 1.807) is 11.2 Å². The fourth-order valence-corrected chi connectivity index (χ4v) is 4.28. The van der Waals surface area contributed by atoms with Crippen LogP contribution in [0.4, 0.5) is 4.79 Å². The molecule has 1 aromatic rings. The zero-order chi connectivity index (χ0) is 17.8. The molecule has 1 spiro atoms. The number of carbonyl (C=O) groups excluding carboxylic acids is 2. The van der Waals surface area contributed by atoms with Crippen LogP contribution in [0.3, 0.4) is 0 Å². The molecule has 1 unspecified atom stereocenters. The number of carbonyl (C=O) groups is 2. The second kappa shape index (κ2) is 5.51. The van der Waals surface area contributed by atoms with Crippen LogP contribution in [0.5, 0.6) is 0 Å². The Morgan fingerprint density at radius 2 is 2.04 bits per heavy atom. The van der Waals surface area contributed by atoms with Crippen LogP contribution < -0.4 is 0 Å². The molecule has 4 rings (SSSR count). The van der Waals surface area contributed by atoms with Gasteiger partial charge in [0.05, 0.1) is 12.3 Å². The van der Waals surface area contributed by atoms with Gasteiger partial charge in [0, 0.05) is 18.5 Å². The second-order valence-corrected chi connectivity index (χ2v) is 8.58. The summed E-state index contributed by atoms with van der Waals surface area (Å²) in [5.41, 5.74) is -0.363. The molecule has 1 saturated carbocycles. The molecule has 0 bridgehead atoms. The molecule has 0 radical (unpaired) electrons. The highest BCUT2D eigenvalue weighted by atomic mass is 16.6. The normalized spacial score (nSPS) is 27.3. The van der Waals surface area contributed by atoms with E-state index in [4.69, 9.17) is 9.15 Å². The Bertz CT molecular complexity index is 672. The maximum atomic E-state index is 13.1. The third-order valence-electron chi connectivity index (χ3n) is 5.75. The lowest BCUT2D eigenvalue weighted by atomic mass is 9.57. The van der Waals surface area contributed by atoms with E-state index < -0.39 is 17.7 Å². The number of rotatable bonds is 2. The lowest BCUT2D eigenvalue weighted by Crippen LogP contribution is -2.68. The van der Waals surface area contributed by atoms with E-state index in [-0.39, 0.29) is 17.4 Å². The second-order valence-electron chi connectivity index (χ2n) is 8.58. The fourth-order valence-electron chi connectivity index (χ4n) is 4.28. The lowest BCUT2D eigenvalue weighted by Gasteiger charge is -2.62. The molecule has 1 aromatic heterocycles. The monoisotopic (exact) mass is 346 g/mol. The van der Waals surface area contributed by atoms with E-state index >= 15 is 0 Å². The minimum Gasteiger partial charge on any atom is -0.467 e. The number of hydrogen-bond donors (Lipinski definition) is 0. The molecule has 6 heteroatoms. The molecule has 2 amide bonds. The molecular formula is C19H26N2O4. The molecule has 3 aliphatic rings. The summed E-state index contributed by atoms with van der Waals surface area (Å²) in [5, 5.41) is 0. The number of amides is 2. The predicted octanol–water partition coefficient (Wildman–Crippen LogP) is 3.34. The van der Waals surface area contributed by atoms with Crippen molar-refractivity contribution in [3.63, 3.8) is 0 Å². The molecular weight excluding hydrogens is 320 g/mol. The number of nitrogens with zero attached hydrogens (tertiary/aromatic N) is 2. The van der Waals surface area contributed by atoms with Gasteiger partial charge in [-0.1, -0.05) is 6.42 Å². The Hall–Kier alpha value is -1.98. The van der Waals surface area contributed by atoms with E-state index in [1.807, 2.05) is 37.8 Å². The molecule has 0 N–H and O–H groups in total. The molecule has 6 nitrogen and oxygen atoms in total. The lowest BCUT2D eigenvalue weighted by molar-refractivity contribution is -0.180. The highest BCUT2D eigenvalue weighted by molar-refractivity contribution is 5.88. The smallest absolute Gasteiger partial charge is 0.410 e. The fraction of sp³-hybridized carbons (Fsp3) is 0.684. The molecule has 1 aliphatic carbocycles. The van der Waals surface area contributed by atoms with Gasteiger partial charge in [-0.2, -0.15) is 0 Å². The van der Waals surface area contributed by atoms with Crippen LogP contribution in [-0.2, 0) is 9.53 Å². The summed E-state index contributed by atoms with van der Waals surface area (Å²) in [6.07, 6.45) is 5.47. The van der Waals surface area contributed by atoms with Gasteiger partial charge in [-0.25, -0.2) is 4.79 Å². The van der Waals surface area contributed by atoms with E-state index in [9.17, 15) is 9.59 Å². The van der Waals surface area contributed by atoms with Crippen molar-refractivity contribution in [2.75, 3.05) is 13.1 Å². The van der Waals surface area contributed by atoms with Gasteiger partial charge in [-0.3, -0.25) is 9.69 Å². The Balaban J connectivity index is 1.47. The van der Waals surface area contributed by atoms with Crippen molar-refractivity contribution < 1.29 is 18.7 Å². The molecule has 25 heavy (non-hydrogen) atoms. The van der Waals surface area contributed by atoms with E-state index in [0.717, 1.165) is 25.1 Å². The Labute approximate surface area is 148 Å². The molecule has 0 aromatic carbocycles. The van der Waals surface area contributed by atoms with Gasteiger partial charge in [0.15, 0.2) is 0 Å². The first-order chi connectivity index (χ1) is 11.8. The summed E-state index contributed by atoms with van der Waals surface area (Å²) in [7, 11) is 0. The maximum Gasteiger partial charge on any atom is 0.410 e. The van der Waals surface area contributed by atoms with Crippen molar-refractivity contribution >= 4 is 12.0 Å². The molecule has 136 valence electrons. The van der Waals surface area contributed by atoms with E-state index in [2.05, 4.69) is 0 Å². The van der Waals surface area contributed by atoms with Gasteiger partial charge in [0.2, 0.25) is 5.91 Å².